The third kappa shape index (κ3) is 5.07. The lowest BCUT2D eigenvalue weighted by atomic mass is 9.96. The molecule has 0 radical (unpaired) electrons. The Morgan fingerprint density at radius 3 is 1.20 bits per heavy atom. The molecule has 6 rings (SSSR count). The van der Waals surface area contributed by atoms with E-state index < -0.39 is 8.80 Å². The minimum atomic E-state index is -2.94. The maximum atomic E-state index is 6.13. The average Bonchev–Trinajstić information content (AvgIpc) is 3.00. The van der Waals surface area contributed by atoms with Crippen LogP contribution in [0.25, 0.3) is 54.6 Å². The summed E-state index contributed by atoms with van der Waals surface area (Å²) >= 11 is 0. The van der Waals surface area contributed by atoms with Gasteiger partial charge in [-0.2, -0.15) is 0 Å². The Hall–Kier alpha value is -3.80. The van der Waals surface area contributed by atoms with Crippen molar-refractivity contribution < 1.29 is 13.3 Å². The molecular weight excluding hydrogens is 508 g/mol. The highest BCUT2D eigenvalue weighted by atomic mass is 28.4. The molecule has 4 heteroatoms. The highest BCUT2D eigenvalue weighted by Crippen LogP contribution is 2.31. The van der Waals surface area contributed by atoms with Gasteiger partial charge in [0.25, 0.3) is 0 Å². The lowest BCUT2D eigenvalue weighted by molar-refractivity contribution is 0.0859. The van der Waals surface area contributed by atoms with E-state index in [4.69, 9.17) is 13.3 Å². The second-order valence-corrected chi connectivity index (χ2v) is 12.5. The first-order valence-electron chi connectivity index (χ1n) is 14.1. The van der Waals surface area contributed by atoms with Gasteiger partial charge in [-0.05, 0) is 106 Å². The van der Waals surface area contributed by atoms with E-state index in [1.165, 1.54) is 49.2 Å². The van der Waals surface area contributed by atoms with Crippen molar-refractivity contribution in [2.24, 2.45) is 0 Å². The molecule has 40 heavy (non-hydrogen) atoms. The summed E-state index contributed by atoms with van der Waals surface area (Å²) in [5, 5.41) is 8.34. The van der Waals surface area contributed by atoms with Crippen LogP contribution < -0.4 is 5.19 Å². The topological polar surface area (TPSA) is 27.7 Å². The molecule has 6 aromatic carbocycles. The van der Waals surface area contributed by atoms with Gasteiger partial charge in [-0.1, -0.05) is 84.9 Å². The summed E-state index contributed by atoms with van der Waals surface area (Å²) in [7, 11) is -2.94. The fourth-order valence-corrected chi connectivity index (χ4v) is 8.04. The third-order valence-electron chi connectivity index (χ3n) is 7.45. The van der Waals surface area contributed by atoms with Crippen molar-refractivity contribution in [1.29, 1.82) is 0 Å². The van der Waals surface area contributed by atoms with E-state index in [2.05, 4.69) is 115 Å². The second kappa shape index (κ2) is 11.4. The van der Waals surface area contributed by atoms with Gasteiger partial charge in [-0.25, -0.2) is 0 Å². The van der Waals surface area contributed by atoms with Crippen molar-refractivity contribution in [3.8, 4) is 22.3 Å². The van der Waals surface area contributed by atoms with Crippen LogP contribution in [0.2, 0.25) is 0 Å². The first-order valence-corrected chi connectivity index (χ1v) is 15.8. The predicted octanol–water partition coefficient (Wildman–Crippen LogP) is 8.74. The molecule has 0 saturated carbocycles. The predicted molar refractivity (Wildman–Crippen MR) is 170 cm³/mol. The Bertz CT molecular complexity index is 1790. The zero-order valence-electron chi connectivity index (χ0n) is 23.3. The number of hydrogen-bond donors (Lipinski definition) is 0. The van der Waals surface area contributed by atoms with Gasteiger partial charge in [0.2, 0.25) is 0 Å². The molecule has 200 valence electrons. The Labute approximate surface area is 237 Å². The molecule has 0 unspecified atom stereocenters. The van der Waals surface area contributed by atoms with Crippen LogP contribution in [0, 0.1) is 0 Å². The largest absolute Gasteiger partial charge is 0.537 e. The number of rotatable bonds is 9. The van der Waals surface area contributed by atoms with Crippen molar-refractivity contribution in [2.75, 3.05) is 19.8 Å². The van der Waals surface area contributed by atoms with Crippen LogP contribution in [0.4, 0.5) is 0 Å². The second-order valence-electron chi connectivity index (χ2n) is 9.97. The fraction of sp³-hybridized carbons (Fsp3) is 0.167. The first kappa shape index (κ1) is 26.4. The molecule has 0 aromatic heterocycles. The van der Waals surface area contributed by atoms with E-state index in [-0.39, 0.29) is 0 Å². The van der Waals surface area contributed by atoms with E-state index in [0.717, 1.165) is 10.6 Å². The smallest absolute Gasteiger partial charge is 0.370 e. The molecule has 0 saturated heterocycles. The lowest BCUT2D eigenvalue weighted by Gasteiger charge is -2.28. The zero-order chi connectivity index (χ0) is 27.5. The average molecular weight is 543 g/mol. The summed E-state index contributed by atoms with van der Waals surface area (Å²) in [5.41, 5.74) is 4.88. The van der Waals surface area contributed by atoms with Gasteiger partial charge in [0.15, 0.2) is 0 Å². The number of benzene rings is 6. The summed E-state index contributed by atoms with van der Waals surface area (Å²) in [6, 6.07) is 41.7. The molecule has 0 aliphatic carbocycles. The van der Waals surface area contributed by atoms with Crippen LogP contribution in [0.5, 0.6) is 0 Å². The minimum absolute atomic E-state index is 0.551. The molecule has 0 amide bonds. The van der Waals surface area contributed by atoms with E-state index in [1.54, 1.807) is 0 Å². The fourth-order valence-electron chi connectivity index (χ4n) is 5.53. The van der Waals surface area contributed by atoms with E-state index in [1.807, 2.05) is 20.8 Å². The third-order valence-corrected chi connectivity index (χ3v) is 10.5. The van der Waals surface area contributed by atoms with Gasteiger partial charge in [0, 0.05) is 25.0 Å². The first-order chi connectivity index (χ1) is 19.6. The van der Waals surface area contributed by atoms with Crippen LogP contribution in [0.3, 0.4) is 0 Å². The standard InChI is InChI=1S/C36H34O3Si/c1-4-37-40(38-5-2,39-6-3)36-20-19-34-24-33(17-18-35(34)25-36)32-16-15-30-22-29(13-14-31(30)23-32)28-12-11-26-9-7-8-10-27(26)21-28/h7-25H,4-6H2,1-3H3. The van der Waals surface area contributed by atoms with Crippen molar-refractivity contribution in [2.45, 2.75) is 20.8 Å². The highest BCUT2D eigenvalue weighted by Gasteiger charge is 2.43. The Kier molecular flexibility index (Phi) is 7.50. The van der Waals surface area contributed by atoms with Crippen molar-refractivity contribution in [3.63, 3.8) is 0 Å². The molecule has 0 bridgehead atoms. The van der Waals surface area contributed by atoms with Crippen LogP contribution >= 0.6 is 0 Å². The summed E-state index contributed by atoms with van der Waals surface area (Å²) in [6.45, 7) is 7.61. The summed E-state index contributed by atoms with van der Waals surface area (Å²) < 4.78 is 18.4. The zero-order valence-corrected chi connectivity index (χ0v) is 24.3. The molecule has 0 heterocycles. The SMILES string of the molecule is CCO[Si](OCC)(OCC)c1ccc2cc(-c3ccc4cc(-c5ccc6ccccc6c5)ccc4c3)ccc2c1. The van der Waals surface area contributed by atoms with Gasteiger partial charge >= 0.3 is 8.80 Å². The number of hydrogen-bond acceptors (Lipinski definition) is 3. The maximum Gasteiger partial charge on any atom is 0.537 e. The van der Waals surface area contributed by atoms with E-state index >= 15 is 0 Å². The highest BCUT2D eigenvalue weighted by molar-refractivity contribution is 6.75. The molecule has 3 nitrogen and oxygen atoms in total. The summed E-state index contributed by atoms with van der Waals surface area (Å²) in [6.07, 6.45) is 0. The molecule has 0 atom stereocenters. The van der Waals surface area contributed by atoms with Gasteiger partial charge < -0.3 is 13.3 Å². The maximum absolute atomic E-state index is 6.13. The Balaban J connectivity index is 1.31. The molecule has 0 aliphatic heterocycles. The molecular formula is C36H34O3Si. The monoisotopic (exact) mass is 542 g/mol. The molecule has 0 spiro atoms. The van der Waals surface area contributed by atoms with Crippen LogP contribution in [0.1, 0.15) is 20.8 Å². The Morgan fingerprint density at radius 1 is 0.400 bits per heavy atom. The minimum Gasteiger partial charge on any atom is -0.370 e. The van der Waals surface area contributed by atoms with Crippen LogP contribution in [0.15, 0.2) is 115 Å². The molecule has 6 aromatic rings. The quantitative estimate of drug-likeness (QED) is 0.171. The van der Waals surface area contributed by atoms with Gasteiger partial charge in [0.05, 0.1) is 0 Å². The van der Waals surface area contributed by atoms with Gasteiger partial charge in [-0.3, -0.25) is 0 Å². The van der Waals surface area contributed by atoms with Gasteiger partial charge in [-0.15, -0.1) is 0 Å². The van der Waals surface area contributed by atoms with Crippen molar-refractivity contribution >= 4 is 46.3 Å². The number of fused-ring (bicyclic) bond motifs is 3. The molecule has 0 aliphatic rings. The summed E-state index contributed by atoms with van der Waals surface area (Å²) in [4.78, 5) is 0. The normalized spacial score (nSPS) is 12.0. The lowest BCUT2D eigenvalue weighted by Crippen LogP contribution is -2.56. The van der Waals surface area contributed by atoms with Crippen LogP contribution in [-0.2, 0) is 13.3 Å². The Morgan fingerprint density at radius 2 is 0.750 bits per heavy atom. The van der Waals surface area contributed by atoms with E-state index in [0.29, 0.717) is 19.8 Å². The van der Waals surface area contributed by atoms with Gasteiger partial charge in [0.1, 0.15) is 0 Å². The van der Waals surface area contributed by atoms with Crippen molar-refractivity contribution in [3.05, 3.63) is 115 Å². The molecule has 0 N–H and O–H groups in total. The van der Waals surface area contributed by atoms with E-state index in [9.17, 15) is 0 Å². The summed E-state index contributed by atoms with van der Waals surface area (Å²) in [5.74, 6) is 0. The van der Waals surface area contributed by atoms with Crippen molar-refractivity contribution in [1.82, 2.24) is 0 Å². The van der Waals surface area contributed by atoms with Crippen LogP contribution in [-0.4, -0.2) is 28.6 Å². The molecule has 0 fully saturated rings.